The van der Waals surface area contributed by atoms with E-state index in [-0.39, 0.29) is 0 Å². The molecule has 9 nitrogen and oxygen atoms in total. The molecule has 0 fully saturated rings. The zero-order valence-electron chi connectivity index (χ0n) is 50.4. The SMILES string of the molecule is CCCCCCCCOc1cc2c3cc(OCCCCCCCC)c(OCCCCCCCC)cc3c3cc(OCCCCNC(N(C)C)=[N+](C)C)c(OCCCCCCCC)cc3c2cc1OCCCCCCCC. The molecular weight excluding hydrogens is 943 g/mol. The standard InChI is InChI=1S/C67H111N3O6/c1-10-15-20-25-30-36-43-71-61-49-55-56-50-62(72-44-37-31-26-21-16-11-2)64(74-46-39-33-28-23-18-13-4)52-58(56)60-54-66(76-48-41-35-42-68-67(69(6)7)70(8)9)65(75-47-40-34-29-24-19-14-5)53-59(60)57(55)51-63(61)73-45-38-32-27-22-17-12-3/h49-54H,10-48H2,1-9H3/p+1. The summed E-state index contributed by atoms with van der Waals surface area (Å²) >= 11 is 0. The Hall–Kier alpha value is -4.27. The lowest BCUT2D eigenvalue weighted by atomic mass is 9.93. The fraction of sp³-hybridized carbons (Fsp3) is 0.716. The van der Waals surface area contributed by atoms with Gasteiger partial charge in [-0.1, -0.05) is 195 Å². The number of guanidine groups is 1. The van der Waals surface area contributed by atoms with Crippen LogP contribution in [0, 0.1) is 0 Å². The molecule has 0 saturated heterocycles. The molecule has 0 bridgehead atoms. The Morgan fingerprint density at radius 2 is 0.513 bits per heavy atom. The van der Waals surface area contributed by atoms with Crippen molar-refractivity contribution in [1.82, 2.24) is 10.2 Å². The third-order valence-electron chi connectivity index (χ3n) is 14.9. The Bertz CT molecular complexity index is 2130. The molecule has 0 amide bonds. The van der Waals surface area contributed by atoms with Crippen LogP contribution in [-0.4, -0.2) is 89.8 Å². The van der Waals surface area contributed by atoms with Crippen LogP contribution in [0.3, 0.4) is 0 Å². The van der Waals surface area contributed by atoms with Gasteiger partial charge in [0, 0.05) is 0 Å². The Morgan fingerprint density at radius 3 is 0.711 bits per heavy atom. The van der Waals surface area contributed by atoms with Gasteiger partial charge < -0.3 is 28.4 Å². The van der Waals surface area contributed by atoms with Crippen LogP contribution >= 0.6 is 0 Å². The fourth-order valence-corrected chi connectivity index (χ4v) is 10.3. The zero-order valence-corrected chi connectivity index (χ0v) is 50.4. The average molecular weight is 1060 g/mol. The van der Waals surface area contributed by atoms with E-state index in [4.69, 9.17) is 28.4 Å². The molecule has 0 unspecified atom stereocenters. The minimum absolute atomic E-state index is 0.587. The molecule has 0 saturated carbocycles. The van der Waals surface area contributed by atoms with Gasteiger partial charge in [0.25, 0.3) is 0 Å². The van der Waals surface area contributed by atoms with Gasteiger partial charge in [-0.2, -0.15) is 0 Å². The van der Waals surface area contributed by atoms with E-state index < -0.39 is 0 Å². The maximum Gasteiger partial charge on any atom is 0.347 e. The summed E-state index contributed by atoms with van der Waals surface area (Å²) in [7, 11) is 8.31. The number of ether oxygens (including phenoxy) is 6. The van der Waals surface area contributed by atoms with Crippen molar-refractivity contribution in [2.75, 3.05) is 74.4 Å². The van der Waals surface area contributed by atoms with E-state index in [0.717, 1.165) is 131 Å². The van der Waals surface area contributed by atoms with Crippen LogP contribution in [0.4, 0.5) is 0 Å². The number of nitrogens with one attached hydrogen (secondary N) is 1. The average Bonchev–Trinajstić information content (AvgIpc) is 3.42. The van der Waals surface area contributed by atoms with Crippen molar-refractivity contribution in [3.05, 3.63) is 36.4 Å². The molecule has 4 rings (SSSR count). The van der Waals surface area contributed by atoms with Crippen molar-refractivity contribution >= 4 is 38.3 Å². The summed E-state index contributed by atoms with van der Waals surface area (Å²) in [6.45, 7) is 16.2. The summed E-state index contributed by atoms with van der Waals surface area (Å²) in [6.07, 6.45) is 38.2. The normalized spacial score (nSPS) is 11.4. The monoisotopic (exact) mass is 1050 g/mol. The van der Waals surface area contributed by atoms with Gasteiger partial charge in [-0.25, -0.2) is 0 Å². The Morgan fingerprint density at radius 1 is 0.316 bits per heavy atom. The van der Waals surface area contributed by atoms with Gasteiger partial charge in [0.15, 0.2) is 34.5 Å². The van der Waals surface area contributed by atoms with Crippen LogP contribution in [0.1, 0.15) is 240 Å². The molecule has 0 atom stereocenters. The number of hydrogen-bond acceptors (Lipinski definition) is 6. The third-order valence-corrected chi connectivity index (χ3v) is 14.9. The molecule has 4 aromatic carbocycles. The predicted molar refractivity (Wildman–Crippen MR) is 327 cm³/mol. The Kier molecular flexibility index (Phi) is 33.8. The summed E-state index contributed by atoms with van der Waals surface area (Å²) < 4.78 is 43.0. The van der Waals surface area contributed by atoms with Gasteiger partial charge in [-0.15, -0.1) is 0 Å². The molecule has 0 aliphatic heterocycles. The van der Waals surface area contributed by atoms with E-state index in [1.165, 1.54) is 154 Å². The highest BCUT2D eigenvalue weighted by molar-refractivity contribution is 6.26. The van der Waals surface area contributed by atoms with Crippen molar-refractivity contribution in [3.63, 3.8) is 0 Å². The number of rotatable bonds is 46. The van der Waals surface area contributed by atoms with Crippen molar-refractivity contribution in [1.29, 1.82) is 0 Å². The van der Waals surface area contributed by atoms with E-state index in [1.54, 1.807) is 0 Å². The van der Waals surface area contributed by atoms with Gasteiger partial charge in [0.1, 0.15) is 0 Å². The summed E-state index contributed by atoms with van der Waals surface area (Å²) in [5.74, 6) is 5.96. The highest BCUT2D eigenvalue weighted by Gasteiger charge is 2.21. The maximum absolute atomic E-state index is 6.84. The summed E-state index contributed by atoms with van der Waals surface area (Å²) in [5, 5.41) is 10.3. The Balaban J connectivity index is 1.88. The molecule has 1 N–H and O–H groups in total. The van der Waals surface area contributed by atoms with Crippen LogP contribution in [0.5, 0.6) is 34.5 Å². The van der Waals surface area contributed by atoms with Crippen molar-refractivity contribution in [3.8, 4) is 34.5 Å². The number of benzene rings is 4. The second kappa shape index (κ2) is 40.0. The summed E-state index contributed by atoms with van der Waals surface area (Å²) in [6, 6.07) is 13.6. The molecule has 76 heavy (non-hydrogen) atoms. The second-order valence-electron chi connectivity index (χ2n) is 22.2. The topological polar surface area (TPSA) is 73.7 Å². The quantitative estimate of drug-likeness (QED) is 0.0154. The van der Waals surface area contributed by atoms with E-state index in [1.807, 2.05) is 0 Å². The molecule has 4 aromatic rings. The summed E-state index contributed by atoms with van der Waals surface area (Å²) in [4.78, 5) is 2.12. The minimum atomic E-state index is 0.587. The van der Waals surface area contributed by atoms with Gasteiger partial charge >= 0.3 is 5.96 Å². The lowest BCUT2D eigenvalue weighted by Gasteiger charge is -2.21. The molecule has 0 radical (unpaired) electrons. The zero-order chi connectivity index (χ0) is 54.4. The van der Waals surface area contributed by atoms with Gasteiger partial charge in [-0.05, 0) is 114 Å². The minimum Gasteiger partial charge on any atom is -0.490 e. The highest BCUT2D eigenvalue weighted by atomic mass is 16.5. The van der Waals surface area contributed by atoms with E-state index in [9.17, 15) is 0 Å². The highest BCUT2D eigenvalue weighted by Crippen LogP contribution is 2.47. The fourth-order valence-electron chi connectivity index (χ4n) is 10.3. The van der Waals surface area contributed by atoms with Gasteiger partial charge in [-0.3, -0.25) is 14.8 Å². The number of fused-ring (bicyclic) bond motifs is 6. The lowest BCUT2D eigenvalue weighted by molar-refractivity contribution is -0.472. The van der Waals surface area contributed by atoms with E-state index in [0.29, 0.717) is 39.6 Å². The predicted octanol–water partition coefficient (Wildman–Crippen LogP) is 18.8. The van der Waals surface area contributed by atoms with Crippen LogP contribution in [0.15, 0.2) is 36.4 Å². The largest absolute Gasteiger partial charge is 0.490 e. The van der Waals surface area contributed by atoms with Crippen molar-refractivity contribution in [2.24, 2.45) is 0 Å². The van der Waals surface area contributed by atoms with Crippen LogP contribution < -0.4 is 33.7 Å². The number of nitrogens with zero attached hydrogens (tertiary/aromatic N) is 2. The number of hydrogen-bond donors (Lipinski definition) is 1. The Labute approximate surface area is 464 Å². The van der Waals surface area contributed by atoms with Crippen LogP contribution in [0.2, 0.25) is 0 Å². The third kappa shape index (κ3) is 23.8. The van der Waals surface area contributed by atoms with Crippen molar-refractivity contribution < 1.29 is 33.0 Å². The van der Waals surface area contributed by atoms with Crippen LogP contribution in [0.25, 0.3) is 32.3 Å². The molecule has 0 aromatic heterocycles. The van der Waals surface area contributed by atoms with E-state index in [2.05, 4.69) is 114 Å². The molecule has 0 aliphatic carbocycles. The molecule has 0 aliphatic rings. The van der Waals surface area contributed by atoms with Crippen LogP contribution in [-0.2, 0) is 0 Å². The van der Waals surface area contributed by atoms with Gasteiger partial charge in [0.05, 0.1) is 74.4 Å². The molecule has 430 valence electrons. The first-order chi connectivity index (χ1) is 37.3. The molecular formula is C67H112N3O6+. The first-order valence-corrected chi connectivity index (χ1v) is 31.5. The summed E-state index contributed by atoms with van der Waals surface area (Å²) in [5.41, 5.74) is 0. The lowest BCUT2D eigenvalue weighted by Crippen LogP contribution is -2.42. The van der Waals surface area contributed by atoms with Gasteiger partial charge in [0.2, 0.25) is 0 Å². The molecule has 0 heterocycles. The molecule has 9 heteroatoms. The van der Waals surface area contributed by atoms with E-state index >= 15 is 0 Å². The molecule has 0 spiro atoms. The first-order valence-electron chi connectivity index (χ1n) is 31.5. The smallest absolute Gasteiger partial charge is 0.347 e. The second-order valence-corrected chi connectivity index (χ2v) is 22.2. The van der Waals surface area contributed by atoms with Crippen molar-refractivity contribution in [2.45, 2.75) is 240 Å². The maximum atomic E-state index is 6.84. The number of unbranched alkanes of at least 4 members (excludes halogenated alkanes) is 26. The first kappa shape index (κ1) is 64.3.